The molecule has 0 amide bonds. The van der Waals surface area contributed by atoms with Crippen LogP contribution in [0.5, 0.6) is 0 Å². The minimum absolute atomic E-state index is 0.325. The van der Waals surface area contributed by atoms with Crippen molar-refractivity contribution in [3.8, 4) is 0 Å². The Kier molecular flexibility index (Phi) is 5.23. The fourth-order valence-corrected chi connectivity index (χ4v) is 2.81. The quantitative estimate of drug-likeness (QED) is 0.886. The van der Waals surface area contributed by atoms with Gasteiger partial charge in [-0.2, -0.15) is 0 Å². The third-order valence-corrected chi connectivity index (χ3v) is 3.80. The van der Waals surface area contributed by atoms with E-state index in [0.717, 1.165) is 44.5 Å². The van der Waals surface area contributed by atoms with Crippen molar-refractivity contribution >= 4 is 5.69 Å². The van der Waals surface area contributed by atoms with Crippen LogP contribution in [-0.2, 0) is 4.74 Å². The van der Waals surface area contributed by atoms with Crippen molar-refractivity contribution < 1.29 is 9.84 Å². The van der Waals surface area contributed by atoms with Crippen molar-refractivity contribution in [2.24, 2.45) is 0 Å². The van der Waals surface area contributed by atoms with Crippen LogP contribution in [0, 0.1) is 0 Å². The smallest absolute Gasteiger partial charge is 0.0807 e. The minimum atomic E-state index is -0.372. The lowest BCUT2D eigenvalue weighted by Crippen LogP contribution is -2.40. The molecule has 2 atom stereocenters. The Hall–Kier alpha value is -1.06. The molecule has 1 unspecified atom stereocenters. The first-order chi connectivity index (χ1) is 9.26. The van der Waals surface area contributed by atoms with Gasteiger partial charge in [-0.3, -0.25) is 0 Å². The summed E-state index contributed by atoms with van der Waals surface area (Å²) in [6.07, 6.45) is 3.00. The molecule has 1 saturated heterocycles. The second kappa shape index (κ2) is 6.92. The predicted molar refractivity (Wildman–Crippen MR) is 78.6 cm³/mol. The van der Waals surface area contributed by atoms with E-state index in [0.29, 0.717) is 6.10 Å². The van der Waals surface area contributed by atoms with Gasteiger partial charge in [0.15, 0.2) is 0 Å². The summed E-state index contributed by atoms with van der Waals surface area (Å²) in [6, 6.07) is 8.20. The van der Waals surface area contributed by atoms with Gasteiger partial charge in [0.2, 0.25) is 0 Å². The largest absolute Gasteiger partial charge is 0.388 e. The van der Waals surface area contributed by atoms with Crippen LogP contribution in [-0.4, -0.2) is 30.9 Å². The Balaban J connectivity index is 2.16. The fraction of sp³-hybridized carbons (Fsp3) is 0.625. The number of ether oxygens (including phenoxy) is 1. The van der Waals surface area contributed by atoms with Gasteiger partial charge >= 0.3 is 0 Å². The number of para-hydroxylation sites is 1. The number of benzene rings is 1. The molecule has 1 aliphatic rings. The molecule has 0 aliphatic carbocycles. The Labute approximate surface area is 116 Å². The number of hydrogen-bond acceptors (Lipinski definition) is 3. The number of rotatable bonds is 5. The van der Waals surface area contributed by atoms with Crippen molar-refractivity contribution in [1.82, 2.24) is 0 Å². The van der Waals surface area contributed by atoms with E-state index < -0.39 is 0 Å². The van der Waals surface area contributed by atoms with Crippen LogP contribution in [0.1, 0.15) is 44.8 Å². The normalized spacial score (nSPS) is 21.4. The van der Waals surface area contributed by atoms with E-state index in [2.05, 4.69) is 11.0 Å². The molecule has 0 spiro atoms. The molecule has 2 rings (SSSR count). The van der Waals surface area contributed by atoms with E-state index in [4.69, 9.17) is 4.74 Å². The zero-order chi connectivity index (χ0) is 13.7. The average molecular weight is 263 g/mol. The molecule has 106 valence electrons. The summed E-state index contributed by atoms with van der Waals surface area (Å²) >= 11 is 0. The number of nitrogens with zero attached hydrogens (tertiary/aromatic N) is 1. The number of piperidine rings is 1. The standard InChI is InChI=1S/C16H25NO2/c1-3-16(18)14-9-5-6-10-15(14)17-11-7-8-13(12-17)19-4-2/h5-6,9-10,13,16,18H,3-4,7-8,11-12H2,1-2H3/t13?,16-/m1/s1. The molecule has 0 saturated carbocycles. The molecule has 1 fully saturated rings. The summed E-state index contributed by atoms with van der Waals surface area (Å²) < 4.78 is 5.76. The second-order valence-corrected chi connectivity index (χ2v) is 5.15. The van der Waals surface area contributed by atoms with Crippen molar-refractivity contribution in [3.63, 3.8) is 0 Å². The van der Waals surface area contributed by atoms with E-state index >= 15 is 0 Å². The lowest BCUT2D eigenvalue weighted by molar-refractivity contribution is 0.0525. The van der Waals surface area contributed by atoms with Crippen LogP contribution in [0.3, 0.4) is 0 Å². The van der Waals surface area contributed by atoms with Gasteiger partial charge in [-0.05, 0) is 32.3 Å². The molecule has 1 aromatic rings. The first-order valence-electron chi connectivity index (χ1n) is 7.39. The molecular formula is C16H25NO2. The Morgan fingerprint density at radius 2 is 2.16 bits per heavy atom. The zero-order valence-corrected chi connectivity index (χ0v) is 12.0. The molecule has 0 bridgehead atoms. The zero-order valence-electron chi connectivity index (χ0n) is 12.0. The van der Waals surface area contributed by atoms with E-state index in [1.807, 2.05) is 32.0 Å². The van der Waals surface area contributed by atoms with Crippen molar-refractivity contribution in [3.05, 3.63) is 29.8 Å². The molecule has 0 radical (unpaired) electrons. The van der Waals surface area contributed by atoms with Crippen LogP contribution in [0.15, 0.2) is 24.3 Å². The van der Waals surface area contributed by atoms with Crippen molar-refractivity contribution in [1.29, 1.82) is 0 Å². The number of aliphatic hydroxyl groups excluding tert-OH is 1. The first-order valence-corrected chi connectivity index (χ1v) is 7.39. The van der Waals surface area contributed by atoms with E-state index in [1.54, 1.807) is 0 Å². The molecule has 1 aliphatic heterocycles. The SMILES string of the molecule is CCOC1CCCN(c2ccccc2[C@H](O)CC)C1. The molecule has 0 aromatic heterocycles. The maximum atomic E-state index is 10.2. The van der Waals surface area contributed by atoms with E-state index in [9.17, 15) is 5.11 Å². The van der Waals surface area contributed by atoms with Crippen LogP contribution in [0.2, 0.25) is 0 Å². The summed E-state index contributed by atoms with van der Waals surface area (Å²) in [5.41, 5.74) is 2.21. The van der Waals surface area contributed by atoms with Gasteiger partial charge in [-0.15, -0.1) is 0 Å². The highest BCUT2D eigenvalue weighted by Crippen LogP contribution is 2.30. The first kappa shape index (κ1) is 14.4. The second-order valence-electron chi connectivity index (χ2n) is 5.15. The van der Waals surface area contributed by atoms with Gasteiger partial charge in [0, 0.05) is 30.9 Å². The highest BCUT2D eigenvalue weighted by molar-refractivity contribution is 5.55. The topological polar surface area (TPSA) is 32.7 Å². The Morgan fingerprint density at radius 1 is 1.37 bits per heavy atom. The van der Waals surface area contributed by atoms with Gasteiger partial charge in [-0.25, -0.2) is 0 Å². The van der Waals surface area contributed by atoms with E-state index in [-0.39, 0.29) is 6.10 Å². The lowest BCUT2D eigenvalue weighted by atomic mass is 10.0. The fourth-order valence-electron chi connectivity index (χ4n) is 2.81. The number of aliphatic hydroxyl groups is 1. The molecule has 3 nitrogen and oxygen atoms in total. The van der Waals surface area contributed by atoms with Crippen LogP contribution in [0.4, 0.5) is 5.69 Å². The lowest BCUT2D eigenvalue weighted by Gasteiger charge is -2.35. The molecular weight excluding hydrogens is 238 g/mol. The summed E-state index contributed by atoms with van der Waals surface area (Å²) in [6.45, 7) is 6.82. The molecule has 3 heteroatoms. The molecule has 19 heavy (non-hydrogen) atoms. The van der Waals surface area contributed by atoms with E-state index in [1.165, 1.54) is 5.69 Å². The number of anilines is 1. The highest BCUT2D eigenvalue weighted by Gasteiger charge is 2.23. The third kappa shape index (κ3) is 3.48. The van der Waals surface area contributed by atoms with Crippen LogP contribution >= 0.6 is 0 Å². The number of hydrogen-bond donors (Lipinski definition) is 1. The van der Waals surface area contributed by atoms with Crippen molar-refractivity contribution in [2.45, 2.75) is 45.3 Å². The van der Waals surface area contributed by atoms with Gasteiger partial charge in [0.1, 0.15) is 0 Å². The Morgan fingerprint density at radius 3 is 2.89 bits per heavy atom. The van der Waals surface area contributed by atoms with Gasteiger partial charge in [-0.1, -0.05) is 25.1 Å². The van der Waals surface area contributed by atoms with Crippen molar-refractivity contribution in [2.75, 3.05) is 24.6 Å². The Bertz CT molecular complexity index is 392. The molecule has 1 aromatic carbocycles. The third-order valence-electron chi connectivity index (χ3n) is 3.80. The average Bonchev–Trinajstić information content (AvgIpc) is 2.47. The van der Waals surface area contributed by atoms with Crippen LogP contribution in [0.25, 0.3) is 0 Å². The maximum Gasteiger partial charge on any atom is 0.0807 e. The summed E-state index contributed by atoms with van der Waals surface area (Å²) in [7, 11) is 0. The summed E-state index contributed by atoms with van der Waals surface area (Å²) in [4.78, 5) is 2.36. The van der Waals surface area contributed by atoms with Crippen LogP contribution < -0.4 is 4.90 Å². The molecule has 1 N–H and O–H groups in total. The highest BCUT2D eigenvalue weighted by atomic mass is 16.5. The molecule has 1 heterocycles. The summed E-state index contributed by atoms with van der Waals surface area (Å²) in [5, 5.41) is 10.2. The maximum absolute atomic E-state index is 10.2. The monoisotopic (exact) mass is 263 g/mol. The van der Waals surface area contributed by atoms with Gasteiger partial charge in [0.25, 0.3) is 0 Å². The van der Waals surface area contributed by atoms with Gasteiger partial charge in [0.05, 0.1) is 12.2 Å². The summed E-state index contributed by atoms with van der Waals surface area (Å²) in [5.74, 6) is 0. The predicted octanol–water partition coefficient (Wildman–Crippen LogP) is 3.14. The minimum Gasteiger partial charge on any atom is -0.388 e. The van der Waals surface area contributed by atoms with Gasteiger partial charge < -0.3 is 14.7 Å².